The van der Waals surface area contributed by atoms with Gasteiger partial charge in [-0.25, -0.2) is 4.39 Å². The van der Waals surface area contributed by atoms with E-state index < -0.39 is 5.82 Å². The fraction of sp³-hybridized carbons (Fsp3) is 0.333. The van der Waals surface area contributed by atoms with Crippen LogP contribution in [0.15, 0.2) is 29.4 Å². The molecule has 1 aromatic rings. The van der Waals surface area contributed by atoms with E-state index in [-0.39, 0.29) is 17.5 Å². The van der Waals surface area contributed by atoms with Crippen molar-refractivity contribution in [3.05, 3.63) is 30.1 Å². The molecule has 2 aliphatic rings. The van der Waals surface area contributed by atoms with Crippen molar-refractivity contribution in [1.29, 1.82) is 0 Å². The van der Waals surface area contributed by atoms with E-state index in [1.165, 1.54) is 11.1 Å². The third-order valence-corrected chi connectivity index (χ3v) is 3.14. The monoisotopic (exact) mass is 218 g/mol. The molecule has 1 saturated carbocycles. The first kappa shape index (κ1) is 9.51. The summed E-state index contributed by atoms with van der Waals surface area (Å²) in [7, 11) is 0. The summed E-state index contributed by atoms with van der Waals surface area (Å²) < 4.78 is 13.5. The van der Waals surface area contributed by atoms with Gasteiger partial charge in [-0.15, -0.1) is 0 Å². The molecule has 4 heteroatoms. The van der Waals surface area contributed by atoms with Gasteiger partial charge in [0, 0.05) is 0 Å². The van der Waals surface area contributed by atoms with Gasteiger partial charge in [0.1, 0.15) is 11.5 Å². The fourth-order valence-electron chi connectivity index (χ4n) is 2.34. The van der Waals surface area contributed by atoms with Crippen LogP contribution in [-0.2, 0) is 4.79 Å². The summed E-state index contributed by atoms with van der Waals surface area (Å²) in [5.41, 5.74) is 1.17. The summed E-state index contributed by atoms with van der Waals surface area (Å²) in [6.45, 7) is 0. The van der Waals surface area contributed by atoms with Crippen molar-refractivity contribution in [2.24, 2.45) is 11.0 Å². The zero-order chi connectivity index (χ0) is 11.1. The van der Waals surface area contributed by atoms with Crippen LogP contribution >= 0.6 is 0 Å². The second-order valence-electron chi connectivity index (χ2n) is 4.14. The first-order valence-electron chi connectivity index (χ1n) is 5.43. The molecule has 1 aliphatic carbocycles. The normalized spacial score (nSPS) is 23.6. The smallest absolute Gasteiger partial charge is 0.256 e. The van der Waals surface area contributed by atoms with Crippen molar-refractivity contribution in [3.63, 3.8) is 0 Å². The summed E-state index contributed by atoms with van der Waals surface area (Å²) in [5.74, 6) is -0.586. The highest BCUT2D eigenvalue weighted by molar-refractivity contribution is 6.16. The molecule has 3 nitrogen and oxygen atoms in total. The lowest BCUT2D eigenvalue weighted by molar-refractivity contribution is -0.119. The molecule has 0 bridgehead atoms. The van der Waals surface area contributed by atoms with Gasteiger partial charge >= 0.3 is 0 Å². The maximum atomic E-state index is 13.5. The van der Waals surface area contributed by atoms with E-state index in [0.29, 0.717) is 0 Å². The number of carbonyl (C=O) groups is 1. The molecule has 0 saturated heterocycles. The number of amides is 1. The number of hydrogen-bond acceptors (Lipinski definition) is 2. The lowest BCUT2D eigenvalue weighted by Crippen LogP contribution is -2.26. The van der Waals surface area contributed by atoms with E-state index >= 15 is 0 Å². The van der Waals surface area contributed by atoms with Crippen molar-refractivity contribution in [1.82, 2.24) is 0 Å². The van der Waals surface area contributed by atoms with Gasteiger partial charge in [0.2, 0.25) is 0 Å². The highest BCUT2D eigenvalue weighted by atomic mass is 19.1. The molecule has 1 atom stereocenters. The Morgan fingerprint density at radius 2 is 2.19 bits per heavy atom. The number of para-hydroxylation sites is 1. The summed E-state index contributed by atoms with van der Waals surface area (Å²) in [6.07, 6.45) is 2.73. The Bertz CT molecular complexity index is 484. The largest absolute Gasteiger partial charge is 0.272 e. The SMILES string of the molecule is O=C1C2CCCC2=NN1c1ccccc1F. The Morgan fingerprint density at radius 1 is 1.38 bits per heavy atom. The maximum Gasteiger partial charge on any atom is 0.256 e. The Labute approximate surface area is 92.6 Å². The highest BCUT2D eigenvalue weighted by Gasteiger charge is 2.39. The topological polar surface area (TPSA) is 32.7 Å². The van der Waals surface area contributed by atoms with Crippen LogP contribution in [0.2, 0.25) is 0 Å². The first-order valence-corrected chi connectivity index (χ1v) is 5.43. The van der Waals surface area contributed by atoms with Crippen LogP contribution in [0.5, 0.6) is 0 Å². The molecule has 1 amide bonds. The van der Waals surface area contributed by atoms with Crippen LogP contribution in [0.3, 0.4) is 0 Å². The van der Waals surface area contributed by atoms with Crippen LogP contribution in [0, 0.1) is 11.7 Å². The molecule has 0 spiro atoms. The lowest BCUT2D eigenvalue weighted by Gasteiger charge is -2.14. The minimum absolute atomic E-state index is 0.0856. The molecule has 1 fully saturated rings. The number of halogens is 1. The minimum Gasteiger partial charge on any atom is -0.272 e. The third kappa shape index (κ3) is 1.26. The molecule has 1 heterocycles. The average Bonchev–Trinajstić information content (AvgIpc) is 2.83. The number of benzene rings is 1. The van der Waals surface area contributed by atoms with E-state index in [1.807, 2.05) is 0 Å². The van der Waals surface area contributed by atoms with Crippen LogP contribution in [-0.4, -0.2) is 11.6 Å². The third-order valence-electron chi connectivity index (χ3n) is 3.14. The van der Waals surface area contributed by atoms with Gasteiger partial charge < -0.3 is 0 Å². The molecular formula is C12H11FN2O. The number of fused-ring (bicyclic) bond motifs is 1. The highest BCUT2D eigenvalue weighted by Crippen LogP contribution is 2.33. The predicted molar refractivity (Wildman–Crippen MR) is 58.7 cm³/mol. The van der Waals surface area contributed by atoms with Crippen LogP contribution in [0.1, 0.15) is 19.3 Å². The molecule has 82 valence electrons. The van der Waals surface area contributed by atoms with Crippen molar-refractivity contribution in [2.75, 3.05) is 5.01 Å². The van der Waals surface area contributed by atoms with Crippen molar-refractivity contribution in [2.45, 2.75) is 19.3 Å². The Kier molecular flexibility index (Phi) is 2.02. The second-order valence-corrected chi connectivity index (χ2v) is 4.14. The number of anilines is 1. The van der Waals surface area contributed by atoms with E-state index in [0.717, 1.165) is 25.0 Å². The van der Waals surface area contributed by atoms with E-state index in [1.54, 1.807) is 18.2 Å². The predicted octanol–water partition coefficient (Wildman–Crippen LogP) is 2.33. The van der Waals surface area contributed by atoms with Gasteiger partial charge in [0.25, 0.3) is 5.91 Å². The van der Waals surface area contributed by atoms with E-state index in [4.69, 9.17) is 0 Å². The molecule has 1 aliphatic heterocycles. The lowest BCUT2D eigenvalue weighted by atomic mass is 10.1. The zero-order valence-electron chi connectivity index (χ0n) is 8.69. The maximum absolute atomic E-state index is 13.5. The van der Waals surface area contributed by atoms with Crippen LogP contribution in [0.4, 0.5) is 10.1 Å². The number of carbonyl (C=O) groups excluding carboxylic acids is 1. The molecule has 1 aromatic carbocycles. The molecule has 1 unspecified atom stereocenters. The minimum atomic E-state index is -0.403. The van der Waals surface area contributed by atoms with Gasteiger partial charge in [-0.1, -0.05) is 12.1 Å². The Morgan fingerprint density at radius 3 is 2.94 bits per heavy atom. The number of nitrogens with zero attached hydrogens (tertiary/aromatic N) is 2. The zero-order valence-corrected chi connectivity index (χ0v) is 8.69. The standard InChI is InChI=1S/C12H11FN2O/c13-9-5-1-2-7-11(9)15-12(16)8-4-3-6-10(8)14-15/h1-2,5,7-8H,3-4,6H2. The molecule has 3 rings (SSSR count). The van der Waals surface area contributed by atoms with Crippen LogP contribution < -0.4 is 5.01 Å². The van der Waals surface area contributed by atoms with Crippen molar-refractivity contribution in [3.8, 4) is 0 Å². The summed E-state index contributed by atoms with van der Waals surface area (Å²) in [4.78, 5) is 12.0. The molecule has 16 heavy (non-hydrogen) atoms. The van der Waals surface area contributed by atoms with Crippen molar-refractivity contribution >= 4 is 17.3 Å². The molecule has 0 N–H and O–H groups in total. The molecule has 0 radical (unpaired) electrons. The number of hydrogen-bond donors (Lipinski definition) is 0. The Hall–Kier alpha value is -1.71. The summed E-state index contributed by atoms with van der Waals surface area (Å²) >= 11 is 0. The van der Waals surface area contributed by atoms with Gasteiger partial charge in [0.05, 0.1) is 11.6 Å². The average molecular weight is 218 g/mol. The van der Waals surface area contributed by atoms with Gasteiger partial charge in [-0.3, -0.25) is 4.79 Å². The van der Waals surface area contributed by atoms with Crippen LogP contribution in [0.25, 0.3) is 0 Å². The van der Waals surface area contributed by atoms with Crippen molar-refractivity contribution < 1.29 is 9.18 Å². The first-order chi connectivity index (χ1) is 7.77. The Balaban J connectivity index is 2.01. The molecule has 0 aromatic heterocycles. The quantitative estimate of drug-likeness (QED) is 0.712. The van der Waals surface area contributed by atoms with E-state index in [2.05, 4.69) is 5.10 Å². The fourth-order valence-corrected chi connectivity index (χ4v) is 2.34. The summed E-state index contributed by atoms with van der Waals surface area (Å²) in [6, 6.07) is 6.24. The van der Waals surface area contributed by atoms with Gasteiger partial charge in [-0.05, 0) is 31.4 Å². The van der Waals surface area contributed by atoms with Gasteiger partial charge in [-0.2, -0.15) is 10.1 Å². The second kappa shape index (κ2) is 3.40. The number of hydrazone groups is 1. The molecular weight excluding hydrogens is 207 g/mol. The number of rotatable bonds is 1. The van der Waals surface area contributed by atoms with Gasteiger partial charge in [0.15, 0.2) is 0 Å². The summed E-state index contributed by atoms with van der Waals surface area (Å²) in [5, 5.41) is 5.44. The van der Waals surface area contributed by atoms with E-state index in [9.17, 15) is 9.18 Å².